The summed E-state index contributed by atoms with van der Waals surface area (Å²) in [5.74, 6) is 0.172. The smallest absolute Gasteiger partial charge is 0.410 e. The van der Waals surface area contributed by atoms with E-state index in [0.29, 0.717) is 34.3 Å². The van der Waals surface area contributed by atoms with Crippen LogP contribution in [-0.4, -0.2) is 51.7 Å². The molecular formula is C22H23BrFN5O3. The van der Waals surface area contributed by atoms with E-state index in [-0.39, 0.29) is 36.7 Å². The molecule has 3 aliphatic rings. The highest BCUT2D eigenvalue weighted by Crippen LogP contribution is 2.47. The van der Waals surface area contributed by atoms with Crippen molar-refractivity contribution in [2.75, 3.05) is 18.0 Å². The zero-order valence-corrected chi connectivity index (χ0v) is 19.6. The van der Waals surface area contributed by atoms with Gasteiger partial charge in [0.15, 0.2) is 5.82 Å². The lowest BCUT2D eigenvalue weighted by atomic mass is 9.97. The lowest BCUT2D eigenvalue weighted by Gasteiger charge is -2.36. The molecule has 3 aliphatic heterocycles. The average molecular weight is 504 g/mol. The molecule has 2 fully saturated rings. The van der Waals surface area contributed by atoms with Crippen molar-refractivity contribution in [2.45, 2.75) is 64.0 Å². The summed E-state index contributed by atoms with van der Waals surface area (Å²) >= 11 is 3.35. The normalized spacial score (nSPS) is 24.2. The minimum absolute atomic E-state index is 0.000588. The van der Waals surface area contributed by atoms with Crippen LogP contribution in [0.2, 0.25) is 0 Å². The molecule has 0 aliphatic carbocycles. The van der Waals surface area contributed by atoms with E-state index in [9.17, 15) is 10.1 Å². The molecule has 2 saturated heterocycles. The van der Waals surface area contributed by atoms with Crippen molar-refractivity contribution in [2.24, 2.45) is 0 Å². The summed E-state index contributed by atoms with van der Waals surface area (Å²) in [6.45, 7) is 6.88. The van der Waals surface area contributed by atoms with E-state index in [1.807, 2.05) is 20.8 Å². The molecule has 3 atom stereocenters. The number of nitrogens with zero attached hydrogens (tertiary/aromatic N) is 5. The number of piperazine rings is 1. The van der Waals surface area contributed by atoms with Crippen molar-refractivity contribution in [1.29, 1.82) is 5.26 Å². The Hall–Kier alpha value is -2.51. The third kappa shape index (κ3) is 3.30. The van der Waals surface area contributed by atoms with E-state index < -0.39 is 17.5 Å². The molecule has 1 aromatic carbocycles. The zero-order valence-electron chi connectivity index (χ0n) is 18.1. The number of likely N-dealkylation sites (tertiary alicyclic amines) is 1. The standard InChI is InChI=1S/C22H23BrFN5O3/c1-22(2,3)32-21(30)29-8-11-6-12(29)7-28(11)20-16-15-13(9-31-14(15)4-5-25)17(23)18(24)19(16)26-10-27-20/h10-12,14H,4,6-9H2,1-3H3/t11-,12-,14?/m1/s1. The van der Waals surface area contributed by atoms with E-state index in [4.69, 9.17) is 9.47 Å². The number of ether oxygens (including phenoxy) is 2. The monoisotopic (exact) mass is 503 g/mol. The van der Waals surface area contributed by atoms with Gasteiger partial charge in [0.1, 0.15) is 23.3 Å². The molecular weight excluding hydrogens is 481 g/mol. The molecule has 4 heterocycles. The fourth-order valence-electron chi connectivity index (χ4n) is 4.99. The molecule has 1 aromatic heterocycles. The predicted octanol–water partition coefficient (Wildman–Crippen LogP) is 4.21. The quantitative estimate of drug-likeness (QED) is 0.605. The summed E-state index contributed by atoms with van der Waals surface area (Å²) in [6, 6.07) is 2.20. The van der Waals surface area contributed by atoms with Gasteiger partial charge in [-0.3, -0.25) is 0 Å². The van der Waals surface area contributed by atoms with E-state index in [1.54, 1.807) is 4.90 Å². The predicted molar refractivity (Wildman–Crippen MR) is 117 cm³/mol. The first-order chi connectivity index (χ1) is 15.2. The second-order valence-corrected chi connectivity index (χ2v) is 10.2. The Balaban J connectivity index is 1.54. The molecule has 0 saturated carbocycles. The van der Waals surface area contributed by atoms with Gasteiger partial charge in [0.2, 0.25) is 0 Å². The molecule has 1 unspecified atom stereocenters. The number of hydrogen-bond donors (Lipinski definition) is 0. The Labute approximate surface area is 193 Å². The van der Waals surface area contributed by atoms with Gasteiger partial charge in [0.05, 0.1) is 47.1 Å². The minimum atomic E-state index is -0.553. The second-order valence-electron chi connectivity index (χ2n) is 9.43. The van der Waals surface area contributed by atoms with Crippen LogP contribution in [0.25, 0.3) is 10.9 Å². The fraction of sp³-hybridized carbons (Fsp3) is 0.545. The summed E-state index contributed by atoms with van der Waals surface area (Å²) in [4.78, 5) is 25.3. The molecule has 5 rings (SSSR count). The number of nitriles is 1. The number of anilines is 1. The highest BCUT2D eigenvalue weighted by molar-refractivity contribution is 9.10. The van der Waals surface area contributed by atoms with Crippen LogP contribution in [0.1, 0.15) is 50.8 Å². The first kappa shape index (κ1) is 21.3. The number of amides is 1. The van der Waals surface area contributed by atoms with Crippen molar-refractivity contribution in [3.63, 3.8) is 0 Å². The molecule has 8 nitrogen and oxygen atoms in total. The Bertz CT molecular complexity index is 1160. The maximum Gasteiger partial charge on any atom is 0.410 e. The van der Waals surface area contributed by atoms with Gasteiger partial charge >= 0.3 is 6.09 Å². The van der Waals surface area contributed by atoms with Gasteiger partial charge < -0.3 is 19.3 Å². The van der Waals surface area contributed by atoms with E-state index >= 15 is 4.39 Å². The first-order valence-corrected chi connectivity index (χ1v) is 11.4. The van der Waals surface area contributed by atoms with Crippen molar-refractivity contribution in [3.05, 3.63) is 27.7 Å². The minimum Gasteiger partial charge on any atom is -0.444 e. The van der Waals surface area contributed by atoms with Gasteiger partial charge in [-0.1, -0.05) is 0 Å². The highest BCUT2D eigenvalue weighted by Gasteiger charge is 2.48. The van der Waals surface area contributed by atoms with Crippen LogP contribution >= 0.6 is 15.9 Å². The number of fused-ring (bicyclic) bond motifs is 5. The van der Waals surface area contributed by atoms with E-state index in [0.717, 1.165) is 12.0 Å². The molecule has 10 heteroatoms. The SMILES string of the molecule is CC(C)(C)OC(=O)N1C[C@H]2C[C@@H]1CN2c1ncnc2c(F)c(Br)c3c(c12)C(CC#N)OC3. The fourth-order valence-corrected chi connectivity index (χ4v) is 5.51. The van der Waals surface area contributed by atoms with Gasteiger partial charge in [-0.25, -0.2) is 19.2 Å². The van der Waals surface area contributed by atoms with Gasteiger partial charge in [-0.05, 0) is 43.1 Å². The van der Waals surface area contributed by atoms with Crippen LogP contribution in [0.4, 0.5) is 15.0 Å². The van der Waals surface area contributed by atoms with Crippen LogP contribution in [-0.2, 0) is 16.1 Å². The van der Waals surface area contributed by atoms with Gasteiger partial charge in [-0.2, -0.15) is 5.26 Å². The largest absolute Gasteiger partial charge is 0.444 e. The molecule has 2 bridgehead atoms. The van der Waals surface area contributed by atoms with Crippen LogP contribution in [0.3, 0.4) is 0 Å². The lowest BCUT2D eigenvalue weighted by Crippen LogP contribution is -2.50. The van der Waals surface area contributed by atoms with Crippen LogP contribution in [0.5, 0.6) is 0 Å². The maximum atomic E-state index is 15.2. The molecule has 1 amide bonds. The molecule has 0 radical (unpaired) electrons. The van der Waals surface area contributed by atoms with Crippen molar-refractivity contribution >= 4 is 38.7 Å². The average Bonchev–Trinajstić information content (AvgIpc) is 3.45. The Morgan fingerprint density at radius 3 is 2.81 bits per heavy atom. The molecule has 0 spiro atoms. The van der Waals surface area contributed by atoms with Crippen LogP contribution < -0.4 is 4.90 Å². The molecule has 2 aromatic rings. The van der Waals surface area contributed by atoms with Crippen LogP contribution in [0.15, 0.2) is 10.8 Å². The lowest BCUT2D eigenvalue weighted by molar-refractivity contribution is 0.0214. The molecule has 32 heavy (non-hydrogen) atoms. The number of rotatable bonds is 2. The van der Waals surface area contributed by atoms with Gasteiger partial charge in [0, 0.05) is 24.2 Å². The van der Waals surface area contributed by atoms with Gasteiger partial charge in [0.25, 0.3) is 0 Å². The Morgan fingerprint density at radius 2 is 2.16 bits per heavy atom. The zero-order chi connectivity index (χ0) is 22.8. The number of halogens is 2. The van der Waals surface area contributed by atoms with Crippen LogP contribution in [0, 0.1) is 17.1 Å². The molecule has 168 valence electrons. The summed E-state index contributed by atoms with van der Waals surface area (Å²) < 4.78 is 26.9. The van der Waals surface area contributed by atoms with Crippen molar-refractivity contribution < 1.29 is 18.7 Å². The first-order valence-electron chi connectivity index (χ1n) is 10.6. The summed E-state index contributed by atoms with van der Waals surface area (Å²) in [5.41, 5.74) is 1.13. The Kier molecular flexibility index (Phi) is 5.02. The number of carbonyl (C=O) groups excluding carboxylic acids is 1. The van der Waals surface area contributed by atoms with E-state index in [2.05, 4.69) is 36.9 Å². The Morgan fingerprint density at radius 1 is 1.38 bits per heavy atom. The third-order valence-corrected chi connectivity index (χ3v) is 7.08. The summed E-state index contributed by atoms with van der Waals surface area (Å²) in [6.07, 6.45) is 1.55. The van der Waals surface area contributed by atoms with E-state index in [1.165, 1.54) is 6.33 Å². The summed E-state index contributed by atoms with van der Waals surface area (Å²) in [5, 5.41) is 9.86. The number of benzene rings is 1. The summed E-state index contributed by atoms with van der Waals surface area (Å²) in [7, 11) is 0. The van der Waals surface area contributed by atoms with Crippen molar-refractivity contribution in [1.82, 2.24) is 14.9 Å². The highest BCUT2D eigenvalue weighted by atomic mass is 79.9. The molecule has 0 N–H and O–H groups in total. The number of aromatic nitrogens is 2. The second kappa shape index (κ2) is 7.52. The van der Waals surface area contributed by atoms with Crippen molar-refractivity contribution in [3.8, 4) is 6.07 Å². The maximum absolute atomic E-state index is 15.2. The topological polar surface area (TPSA) is 91.6 Å². The third-order valence-electron chi connectivity index (χ3n) is 6.26. The number of carbonyl (C=O) groups is 1. The number of hydrogen-bond acceptors (Lipinski definition) is 7. The van der Waals surface area contributed by atoms with Gasteiger partial charge in [-0.15, -0.1) is 0 Å².